The van der Waals surface area contributed by atoms with Gasteiger partial charge in [0.15, 0.2) is 5.78 Å². The van der Waals surface area contributed by atoms with Gasteiger partial charge in [-0.25, -0.2) is 0 Å². The lowest BCUT2D eigenvalue weighted by molar-refractivity contribution is 0.101. The molecule has 2 nitrogen and oxygen atoms in total. The zero-order valence-electron chi connectivity index (χ0n) is 13.4. The maximum absolute atomic E-state index is 12.3. The van der Waals surface area contributed by atoms with E-state index in [-0.39, 0.29) is 17.8 Å². The van der Waals surface area contributed by atoms with Gasteiger partial charge in [-0.2, -0.15) is 0 Å². The molecule has 0 aliphatic heterocycles. The Kier molecular flexibility index (Phi) is 3.96. The van der Waals surface area contributed by atoms with Crippen LogP contribution in [0.25, 0.3) is 10.4 Å². The van der Waals surface area contributed by atoms with E-state index >= 15 is 0 Å². The smallest absolute Gasteiger partial charge is 0.161 e. The van der Waals surface area contributed by atoms with Crippen LogP contribution < -0.4 is 0 Å². The van der Waals surface area contributed by atoms with Gasteiger partial charge in [-0.05, 0) is 48.3 Å². The highest BCUT2D eigenvalue weighted by molar-refractivity contribution is 7.16. The highest BCUT2D eigenvalue weighted by Crippen LogP contribution is 2.45. The van der Waals surface area contributed by atoms with Crippen molar-refractivity contribution in [1.82, 2.24) is 0 Å². The molecule has 1 aromatic carbocycles. The highest BCUT2D eigenvalue weighted by atomic mass is 32.1. The van der Waals surface area contributed by atoms with E-state index in [2.05, 4.69) is 13.8 Å². The van der Waals surface area contributed by atoms with Crippen LogP contribution in [0.4, 0.5) is 0 Å². The van der Waals surface area contributed by atoms with Gasteiger partial charge in [0.2, 0.25) is 0 Å². The van der Waals surface area contributed by atoms with E-state index < -0.39 is 0 Å². The molecule has 1 heterocycles. The van der Waals surface area contributed by atoms with Gasteiger partial charge >= 0.3 is 0 Å². The molecule has 0 unspecified atom stereocenters. The normalized spacial score (nSPS) is 16.4. The van der Waals surface area contributed by atoms with Crippen LogP contribution in [0.15, 0.2) is 24.3 Å². The third-order valence-corrected chi connectivity index (χ3v) is 5.88. The summed E-state index contributed by atoms with van der Waals surface area (Å²) in [5.41, 5.74) is 4.28. The van der Waals surface area contributed by atoms with Crippen molar-refractivity contribution in [3.8, 4) is 10.4 Å². The number of fused-ring (bicyclic) bond motifs is 1. The average molecular weight is 314 g/mol. The first-order valence-electron chi connectivity index (χ1n) is 7.77. The molecule has 3 heteroatoms. The highest BCUT2D eigenvalue weighted by Gasteiger charge is 2.32. The number of carbonyl (C=O) groups is 1. The number of hydrogen-bond donors (Lipinski definition) is 1. The summed E-state index contributed by atoms with van der Waals surface area (Å²) in [7, 11) is 0. The Bertz CT molecular complexity index is 725. The quantitative estimate of drug-likeness (QED) is 0.839. The maximum atomic E-state index is 12.3. The van der Waals surface area contributed by atoms with Gasteiger partial charge in [-0.3, -0.25) is 4.79 Å². The van der Waals surface area contributed by atoms with E-state index in [1.54, 1.807) is 18.3 Å². The molecule has 0 saturated carbocycles. The average Bonchev–Trinajstić information content (AvgIpc) is 2.84. The van der Waals surface area contributed by atoms with E-state index in [9.17, 15) is 9.90 Å². The second-order valence-corrected chi connectivity index (χ2v) is 8.03. The number of hydrogen-bond acceptors (Lipinski definition) is 3. The summed E-state index contributed by atoms with van der Waals surface area (Å²) in [5, 5.41) is 9.61. The monoisotopic (exact) mass is 314 g/mol. The lowest BCUT2D eigenvalue weighted by atomic mass is 9.75. The van der Waals surface area contributed by atoms with Gasteiger partial charge in [-0.15, -0.1) is 11.3 Å². The summed E-state index contributed by atoms with van der Waals surface area (Å²) >= 11 is 1.74. The van der Waals surface area contributed by atoms with E-state index in [0.29, 0.717) is 0 Å². The number of aliphatic hydroxyl groups excluding tert-OH is 1. The summed E-state index contributed by atoms with van der Waals surface area (Å²) < 4.78 is 0. The predicted molar refractivity (Wildman–Crippen MR) is 91.5 cm³/mol. The molecule has 1 aromatic heterocycles. The molecule has 0 atom stereocenters. The number of aryl methyl sites for hydroxylation is 1. The van der Waals surface area contributed by atoms with Crippen LogP contribution in [0.3, 0.4) is 0 Å². The van der Waals surface area contributed by atoms with Crippen molar-refractivity contribution >= 4 is 17.1 Å². The summed E-state index contributed by atoms with van der Waals surface area (Å²) in [5.74, 6) is 0.137. The Morgan fingerprint density at radius 3 is 2.73 bits per heavy atom. The molecule has 0 fully saturated rings. The van der Waals surface area contributed by atoms with E-state index in [1.165, 1.54) is 16.9 Å². The summed E-state index contributed by atoms with van der Waals surface area (Å²) in [6.07, 6.45) is 3.18. The Morgan fingerprint density at radius 2 is 2.05 bits per heavy atom. The SMILES string of the molecule is CC(=O)c1c(-c2ccccc2CO)sc2c1CC(C)(C)CC2. The minimum atomic E-state index is 0.00157. The fourth-order valence-electron chi connectivity index (χ4n) is 3.36. The molecule has 3 rings (SSSR count). The first-order valence-corrected chi connectivity index (χ1v) is 8.59. The number of benzene rings is 1. The molecule has 1 aliphatic rings. The lowest BCUT2D eigenvalue weighted by Gasteiger charge is -2.29. The minimum Gasteiger partial charge on any atom is -0.392 e. The molecule has 22 heavy (non-hydrogen) atoms. The van der Waals surface area contributed by atoms with Crippen LogP contribution in [-0.4, -0.2) is 10.9 Å². The number of aliphatic hydroxyl groups is 1. The van der Waals surface area contributed by atoms with Crippen LogP contribution in [-0.2, 0) is 19.4 Å². The number of thiophene rings is 1. The first kappa shape index (κ1) is 15.4. The van der Waals surface area contributed by atoms with Crippen molar-refractivity contribution in [1.29, 1.82) is 0 Å². The molecule has 1 N–H and O–H groups in total. The molecule has 1 aliphatic carbocycles. The van der Waals surface area contributed by atoms with Gasteiger partial charge < -0.3 is 5.11 Å². The van der Waals surface area contributed by atoms with Crippen LogP contribution in [0.2, 0.25) is 0 Å². The Labute approximate surface area is 135 Å². The molecular weight excluding hydrogens is 292 g/mol. The topological polar surface area (TPSA) is 37.3 Å². The second kappa shape index (κ2) is 5.64. The van der Waals surface area contributed by atoms with Crippen molar-refractivity contribution in [2.24, 2.45) is 5.41 Å². The van der Waals surface area contributed by atoms with Gasteiger partial charge in [0.1, 0.15) is 0 Å². The van der Waals surface area contributed by atoms with E-state index in [0.717, 1.165) is 34.4 Å². The molecule has 0 saturated heterocycles. The summed E-state index contributed by atoms with van der Waals surface area (Å²) in [6.45, 7) is 6.22. The fraction of sp³-hybridized carbons (Fsp3) is 0.421. The summed E-state index contributed by atoms with van der Waals surface area (Å²) in [6, 6.07) is 7.85. The predicted octanol–water partition coefficient (Wildman–Crippen LogP) is 4.62. The van der Waals surface area contributed by atoms with Crippen molar-refractivity contribution in [3.63, 3.8) is 0 Å². The molecule has 0 spiro atoms. The molecule has 0 radical (unpaired) electrons. The van der Waals surface area contributed by atoms with Crippen molar-refractivity contribution < 1.29 is 9.90 Å². The van der Waals surface area contributed by atoms with Crippen LogP contribution in [0.1, 0.15) is 53.6 Å². The van der Waals surface area contributed by atoms with Gasteiger partial charge in [-0.1, -0.05) is 38.1 Å². The number of rotatable bonds is 3. The first-order chi connectivity index (χ1) is 10.4. The third-order valence-electron chi connectivity index (χ3n) is 4.56. The molecular formula is C19H22O2S. The van der Waals surface area contributed by atoms with E-state index in [1.807, 2.05) is 24.3 Å². The van der Waals surface area contributed by atoms with Crippen molar-refractivity contribution in [2.75, 3.05) is 0 Å². The minimum absolute atomic E-state index is 0.00157. The molecule has 0 amide bonds. The second-order valence-electron chi connectivity index (χ2n) is 6.92. The Morgan fingerprint density at radius 1 is 1.32 bits per heavy atom. The maximum Gasteiger partial charge on any atom is 0.161 e. The van der Waals surface area contributed by atoms with Gasteiger partial charge in [0, 0.05) is 15.3 Å². The van der Waals surface area contributed by atoms with E-state index in [4.69, 9.17) is 0 Å². The van der Waals surface area contributed by atoms with Crippen LogP contribution >= 0.6 is 11.3 Å². The molecule has 2 aromatic rings. The molecule has 116 valence electrons. The Balaban J connectivity index is 2.21. The zero-order chi connectivity index (χ0) is 15.9. The van der Waals surface area contributed by atoms with Crippen LogP contribution in [0.5, 0.6) is 0 Å². The van der Waals surface area contributed by atoms with Crippen molar-refractivity contribution in [3.05, 3.63) is 45.8 Å². The van der Waals surface area contributed by atoms with Gasteiger partial charge in [0.25, 0.3) is 0 Å². The van der Waals surface area contributed by atoms with Crippen LogP contribution in [0, 0.1) is 5.41 Å². The number of Topliss-reactive ketones (excluding diaryl/α,β-unsaturated/α-hetero) is 1. The number of ketones is 1. The Hall–Kier alpha value is -1.45. The fourth-order valence-corrected chi connectivity index (χ4v) is 4.79. The third kappa shape index (κ3) is 2.64. The van der Waals surface area contributed by atoms with Crippen molar-refractivity contribution in [2.45, 2.75) is 46.6 Å². The lowest BCUT2D eigenvalue weighted by Crippen LogP contribution is -2.22. The molecule has 0 bridgehead atoms. The number of carbonyl (C=O) groups excluding carboxylic acids is 1. The standard InChI is InChI=1S/C19H22O2S/c1-12(21)17-15-10-19(2,3)9-8-16(15)22-18(17)14-7-5-4-6-13(14)11-20/h4-7,20H,8-11H2,1-3H3. The summed E-state index contributed by atoms with van der Waals surface area (Å²) in [4.78, 5) is 14.7. The largest absolute Gasteiger partial charge is 0.392 e. The van der Waals surface area contributed by atoms with Gasteiger partial charge in [0.05, 0.1) is 6.61 Å². The zero-order valence-corrected chi connectivity index (χ0v) is 14.2.